The van der Waals surface area contributed by atoms with Crippen molar-refractivity contribution >= 4 is 17.8 Å². The van der Waals surface area contributed by atoms with Crippen molar-refractivity contribution in [3.8, 4) is 0 Å². The summed E-state index contributed by atoms with van der Waals surface area (Å²) in [6, 6.07) is 15.4. The first-order valence-electron chi connectivity index (χ1n) is 11.2. The lowest BCUT2D eigenvalue weighted by molar-refractivity contribution is 0.0724. The first kappa shape index (κ1) is 23.3. The number of amides is 2. The molecule has 0 aromatic heterocycles. The highest BCUT2D eigenvalue weighted by atomic mass is 16.2. The average Bonchev–Trinajstić information content (AvgIpc) is 2.86. The summed E-state index contributed by atoms with van der Waals surface area (Å²) < 4.78 is 0. The molecule has 2 amide bonds. The molecule has 0 saturated carbocycles. The van der Waals surface area contributed by atoms with Crippen LogP contribution in [-0.4, -0.2) is 56.4 Å². The quantitative estimate of drug-likeness (QED) is 0.461. The number of hydrogen-bond donors (Lipinski definition) is 3. The Morgan fingerprint density at radius 3 is 2.38 bits per heavy atom. The third-order valence-electron chi connectivity index (χ3n) is 5.65. The lowest BCUT2D eigenvalue weighted by atomic mass is 10.1. The smallest absolute Gasteiger partial charge is 0.253 e. The van der Waals surface area contributed by atoms with Crippen LogP contribution in [0.3, 0.4) is 0 Å². The van der Waals surface area contributed by atoms with E-state index in [1.807, 2.05) is 53.4 Å². The summed E-state index contributed by atoms with van der Waals surface area (Å²) >= 11 is 0. The van der Waals surface area contributed by atoms with Gasteiger partial charge in [-0.05, 0) is 61.1 Å². The molecule has 0 radical (unpaired) electrons. The molecule has 1 saturated heterocycles. The van der Waals surface area contributed by atoms with E-state index in [0.29, 0.717) is 24.6 Å². The number of nitrogens with zero attached hydrogens (tertiary/aromatic N) is 2. The van der Waals surface area contributed by atoms with E-state index in [1.165, 1.54) is 6.42 Å². The Kier molecular flexibility index (Phi) is 8.66. The highest BCUT2D eigenvalue weighted by Gasteiger charge is 2.17. The molecule has 0 spiro atoms. The topological polar surface area (TPSA) is 85.8 Å². The number of carbonyl (C=O) groups is 2. The Morgan fingerprint density at radius 1 is 0.938 bits per heavy atom. The SMILES string of the molecule is CN=C(NCCc1cccc(C(=O)NC)c1)NCc1ccc(C(=O)N2CCCCC2)cc1. The van der Waals surface area contributed by atoms with Crippen molar-refractivity contribution in [2.24, 2.45) is 4.99 Å². The minimum atomic E-state index is -0.0825. The molecule has 0 aliphatic carbocycles. The second-order valence-electron chi connectivity index (χ2n) is 7.93. The van der Waals surface area contributed by atoms with Gasteiger partial charge in [-0.2, -0.15) is 0 Å². The zero-order valence-corrected chi connectivity index (χ0v) is 19.0. The van der Waals surface area contributed by atoms with Crippen LogP contribution in [0.4, 0.5) is 0 Å². The van der Waals surface area contributed by atoms with Gasteiger partial charge in [0.15, 0.2) is 5.96 Å². The van der Waals surface area contributed by atoms with Gasteiger partial charge in [0, 0.05) is 51.4 Å². The van der Waals surface area contributed by atoms with Crippen molar-refractivity contribution in [2.75, 3.05) is 33.7 Å². The van der Waals surface area contributed by atoms with Crippen LogP contribution in [0.15, 0.2) is 53.5 Å². The third-order valence-corrected chi connectivity index (χ3v) is 5.65. The van der Waals surface area contributed by atoms with E-state index in [0.717, 1.165) is 49.0 Å². The van der Waals surface area contributed by atoms with Crippen molar-refractivity contribution in [1.82, 2.24) is 20.9 Å². The van der Waals surface area contributed by atoms with Crippen LogP contribution in [-0.2, 0) is 13.0 Å². The van der Waals surface area contributed by atoms with Crippen LogP contribution in [0, 0.1) is 0 Å². The molecule has 7 heteroatoms. The van der Waals surface area contributed by atoms with Gasteiger partial charge in [0.2, 0.25) is 0 Å². The molecule has 0 bridgehead atoms. The van der Waals surface area contributed by atoms with Crippen molar-refractivity contribution in [1.29, 1.82) is 0 Å². The number of aliphatic imine (C=N–C) groups is 1. The van der Waals surface area contributed by atoms with E-state index in [4.69, 9.17) is 0 Å². The lowest BCUT2D eigenvalue weighted by Gasteiger charge is -2.26. The summed E-state index contributed by atoms with van der Waals surface area (Å²) in [6.45, 7) is 3.03. The second kappa shape index (κ2) is 11.9. The minimum Gasteiger partial charge on any atom is -0.356 e. The van der Waals surface area contributed by atoms with Crippen LogP contribution in [0.2, 0.25) is 0 Å². The van der Waals surface area contributed by atoms with Crippen LogP contribution in [0.25, 0.3) is 0 Å². The number of benzene rings is 2. The lowest BCUT2D eigenvalue weighted by Crippen LogP contribution is -2.38. The first-order chi connectivity index (χ1) is 15.6. The normalized spacial score (nSPS) is 14.1. The minimum absolute atomic E-state index is 0.0825. The molecule has 2 aromatic carbocycles. The monoisotopic (exact) mass is 435 g/mol. The van der Waals surface area contributed by atoms with Gasteiger partial charge in [0.1, 0.15) is 0 Å². The Balaban J connectivity index is 1.45. The molecular formula is C25H33N5O2. The summed E-state index contributed by atoms with van der Waals surface area (Å²) in [5, 5.41) is 9.25. The first-order valence-corrected chi connectivity index (χ1v) is 11.2. The van der Waals surface area contributed by atoms with E-state index in [2.05, 4.69) is 20.9 Å². The van der Waals surface area contributed by atoms with Crippen molar-refractivity contribution in [2.45, 2.75) is 32.2 Å². The van der Waals surface area contributed by atoms with Crippen molar-refractivity contribution in [3.63, 3.8) is 0 Å². The van der Waals surface area contributed by atoms with Crippen LogP contribution < -0.4 is 16.0 Å². The summed E-state index contributed by atoms with van der Waals surface area (Å²) in [4.78, 5) is 30.6. The highest BCUT2D eigenvalue weighted by molar-refractivity contribution is 5.94. The van der Waals surface area contributed by atoms with E-state index < -0.39 is 0 Å². The molecule has 1 fully saturated rings. The summed E-state index contributed by atoms with van der Waals surface area (Å²) in [7, 11) is 3.37. The predicted molar refractivity (Wildman–Crippen MR) is 128 cm³/mol. The molecule has 32 heavy (non-hydrogen) atoms. The molecular weight excluding hydrogens is 402 g/mol. The van der Waals surface area contributed by atoms with Gasteiger partial charge in [0.25, 0.3) is 11.8 Å². The fraction of sp³-hybridized carbons (Fsp3) is 0.400. The van der Waals surface area contributed by atoms with Gasteiger partial charge in [0.05, 0.1) is 0 Å². The van der Waals surface area contributed by atoms with Gasteiger partial charge < -0.3 is 20.9 Å². The molecule has 0 atom stereocenters. The molecule has 3 rings (SSSR count). The largest absolute Gasteiger partial charge is 0.356 e. The molecule has 1 heterocycles. The fourth-order valence-corrected chi connectivity index (χ4v) is 3.79. The molecule has 170 valence electrons. The fourth-order valence-electron chi connectivity index (χ4n) is 3.79. The van der Waals surface area contributed by atoms with E-state index >= 15 is 0 Å². The molecule has 7 nitrogen and oxygen atoms in total. The van der Waals surface area contributed by atoms with E-state index in [1.54, 1.807) is 14.1 Å². The Morgan fingerprint density at radius 2 is 1.69 bits per heavy atom. The number of likely N-dealkylation sites (tertiary alicyclic amines) is 1. The zero-order chi connectivity index (χ0) is 22.8. The number of rotatable bonds is 7. The van der Waals surface area contributed by atoms with Gasteiger partial charge in [-0.1, -0.05) is 24.3 Å². The number of guanidine groups is 1. The number of nitrogens with one attached hydrogen (secondary N) is 3. The maximum Gasteiger partial charge on any atom is 0.253 e. The van der Waals surface area contributed by atoms with Crippen molar-refractivity contribution < 1.29 is 9.59 Å². The van der Waals surface area contributed by atoms with Crippen molar-refractivity contribution in [3.05, 3.63) is 70.8 Å². The second-order valence-corrected chi connectivity index (χ2v) is 7.93. The third kappa shape index (κ3) is 6.57. The Labute approximate surface area is 190 Å². The molecule has 1 aliphatic heterocycles. The zero-order valence-electron chi connectivity index (χ0n) is 19.0. The number of hydrogen-bond acceptors (Lipinski definition) is 3. The standard InChI is InChI=1S/C25H33N5O2/c1-26-23(31)22-8-6-7-19(17-22)13-14-28-25(27-2)29-18-20-9-11-21(12-10-20)24(32)30-15-4-3-5-16-30/h6-12,17H,3-5,13-16,18H2,1-2H3,(H,26,31)(H2,27,28,29). The maximum absolute atomic E-state index is 12.6. The van der Waals surface area contributed by atoms with Crippen LogP contribution >= 0.6 is 0 Å². The molecule has 3 N–H and O–H groups in total. The molecule has 0 unspecified atom stereocenters. The molecule has 2 aromatic rings. The van der Waals surface area contributed by atoms with Crippen LogP contribution in [0.5, 0.6) is 0 Å². The van der Waals surface area contributed by atoms with E-state index in [-0.39, 0.29) is 11.8 Å². The summed E-state index contributed by atoms with van der Waals surface area (Å²) in [5.74, 6) is 0.754. The number of piperidine rings is 1. The van der Waals surface area contributed by atoms with E-state index in [9.17, 15) is 9.59 Å². The highest BCUT2D eigenvalue weighted by Crippen LogP contribution is 2.14. The Hall–Kier alpha value is -3.35. The maximum atomic E-state index is 12.6. The summed E-state index contributed by atoms with van der Waals surface area (Å²) in [5.41, 5.74) is 3.58. The molecule has 1 aliphatic rings. The summed E-state index contributed by atoms with van der Waals surface area (Å²) in [6.07, 6.45) is 4.18. The predicted octanol–water partition coefficient (Wildman–Crippen LogP) is 2.58. The van der Waals surface area contributed by atoms with Gasteiger partial charge >= 0.3 is 0 Å². The number of carbonyl (C=O) groups excluding carboxylic acids is 2. The van der Waals surface area contributed by atoms with Gasteiger partial charge in [-0.15, -0.1) is 0 Å². The average molecular weight is 436 g/mol. The van der Waals surface area contributed by atoms with Gasteiger partial charge in [-0.3, -0.25) is 14.6 Å². The van der Waals surface area contributed by atoms with Gasteiger partial charge in [-0.25, -0.2) is 0 Å². The Bertz CT molecular complexity index is 934. The van der Waals surface area contributed by atoms with Crippen LogP contribution in [0.1, 0.15) is 51.1 Å².